The number of carbonyl (C=O) groups is 1. The van der Waals surface area contributed by atoms with Crippen LogP contribution in [-0.4, -0.2) is 58.0 Å². The molecule has 0 spiro atoms. The zero-order valence-electron chi connectivity index (χ0n) is 22.7. The van der Waals surface area contributed by atoms with E-state index in [1.165, 1.54) is 32.0 Å². The molecule has 4 rings (SSSR count). The number of carbonyl (C=O) groups excluding carboxylic acids is 1. The predicted molar refractivity (Wildman–Crippen MR) is 157 cm³/mol. The van der Waals surface area contributed by atoms with Crippen molar-refractivity contribution >= 4 is 55.6 Å². The summed E-state index contributed by atoms with van der Waals surface area (Å²) in [6, 6.07) is 14.6. The average Bonchev–Trinajstić information content (AvgIpc) is 3.56. The number of ether oxygens (including phenoxy) is 3. The number of benzene rings is 2. The van der Waals surface area contributed by atoms with Gasteiger partial charge in [0.05, 0.1) is 16.5 Å². The molecule has 1 atom stereocenters. The standard InChI is InChI=1S/C27H28F3N3O6S3/c1-16-9-10-40-26(16)42(35,36)33-20-13-19(39-27(28,29)30)11-18-12-21(32-23(18)20)24(34)31-14-22(25(37-2)38-3)41-15-17-7-5-4-6-8-17/h4-13,22,25,32-33H,14-15H2,1-3H3,(H,31,34). The topological polar surface area (TPSA) is 119 Å². The van der Waals surface area contributed by atoms with Crippen molar-refractivity contribution in [2.45, 2.75) is 34.8 Å². The summed E-state index contributed by atoms with van der Waals surface area (Å²) in [7, 11) is -1.17. The van der Waals surface area contributed by atoms with Crippen molar-refractivity contribution in [2.75, 3.05) is 25.5 Å². The number of sulfonamides is 1. The van der Waals surface area contributed by atoms with Crippen LogP contribution >= 0.6 is 23.1 Å². The van der Waals surface area contributed by atoms with Gasteiger partial charge in [0.15, 0.2) is 6.29 Å². The molecule has 1 unspecified atom stereocenters. The summed E-state index contributed by atoms with van der Waals surface area (Å²) in [5.74, 6) is -0.586. The molecule has 226 valence electrons. The first kappa shape index (κ1) is 31.7. The van der Waals surface area contributed by atoms with Gasteiger partial charge in [0.2, 0.25) is 0 Å². The molecule has 0 aliphatic rings. The molecule has 4 aromatic rings. The third-order valence-corrected chi connectivity index (χ3v) is 10.4. The Morgan fingerprint density at radius 2 is 1.81 bits per heavy atom. The molecule has 2 aromatic heterocycles. The molecule has 0 aliphatic carbocycles. The van der Waals surface area contributed by atoms with Crippen LogP contribution in [-0.2, 0) is 25.2 Å². The first-order valence-electron chi connectivity index (χ1n) is 12.4. The van der Waals surface area contributed by atoms with Crippen molar-refractivity contribution in [3.8, 4) is 5.75 Å². The Bertz CT molecular complexity index is 1620. The maximum absolute atomic E-state index is 13.2. The van der Waals surface area contributed by atoms with Gasteiger partial charge in [0, 0.05) is 38.0 Å². The van der Waals surface area contributed by atoms with Gasteiger partial charge in [-0.25, -0.2) is 8.42 Å². The number of aromatic amines is 1. The fourth-order valence-electron chi connectivity index (χ4n) is 4.14. The highest BCUT2D eigenvalue weighted by Crippen LogP contribution is 2.35. The molecule has 0 saturated heterocycles. The number of aromatic nitrogens is 1. The molecule has 1 amide bonds. The molecule has 15 heteroatoms. The summed E-state index contributed by atoms with van der Waals surface area (Å²) in [6.45, 7) is 1.74. The second kappa shape index (κ2) is 13.4. The summed E-state index contributed by atoms with van der Waals surface area (Å²) >= 11 is 2.48. The zero-order chi connectivity index (χ0) is 30.5. The lowest BCUT2D eigenvalue weighted by Crippen LogP contribution is -2.39. The van der Waals surface area contributed by atoms with Crippen molar-refractivity contribution in [1.29, 1.82) is 0 Å². The van der Waals surface area contributed by atoms with Crippen LogP contribution in [0.4, 0.5) is 18.9 Å². The van der Waals surface area contributed by atoms with E-state index < -0.39 is 34.3 Å². The SMILES string of the molecule is COC(OC)C(CNC(=O)c1cc2cc(OC(F)(F)F)cc(NS(=O)(=O)c3sccc3C)c2[nH]1)SCc1ccccc1. The second-order valence-electron chi connectivity index (χ2n) is 9.05. The molecule has 0 bridgehead atoms. The quantitative estimate of drug-likeness (QED) is 0.156. The van der Waals surface area contributed by atoms with Crippen LogP contribution in [0.1, 0.15) is 21.6 Å². The molecule has 0 fully saturated rings. The fourth-order valence-corrected chi connectivity index (χ4v) is 7.80. The van der Waals surface area contributed by atoms with Crippen LogP contribution in [0.25, 0.3) is 10.9 Å². The van der Waals surface area contributed by atoms with E-state index in [0.717, 1.165) is 29.0 Å². The number of rotatable bonds is 13. The Hall–Kier alpha value is -3.24. The van der Waals surface area contributed by atoms with Crippen molar-refractivity contribution < 1.29 is 40.6 Å². The maximum atomic E-state index is 13.2. The van der Waals surface area contributed by atoms with Gasteiger partial charge in [-0.05, 0) is 41.6 Å². The minimum absolute atomic E-state index is 0.0000962. The van der Waals surface area contributed by atoms with Crippen LogP contribution in [0.5, 0.6) is 5.75 Å². The summed E-state index contributed by atoms with van der Waals surface area (Å²) in [5.41, 5.74) is 1.44. The summed E-state index contributed by atoms with van der Waals surface area (Å²) in [6.07, 6.45) is -5.65. The molecule has 0 aliphatic heterocycles. The first-order valence-corrected chi connectivity index (χ1v) is 15.8. The van der Waals surface area contributed by atoms with Crippen LogP contribution in [0, 0.1) is 6.92 Å². The van der Waals surface area contributed by atoms with Gasteiger partial charge in [0.1, 0.15) is 15.7 Å². The largest absolute Gasteiger partial charge is 0.573 e. The van der Waals surface area contributed by atoms with Gasteiger partial charge in [-0.15, -0.1) is 36.3 Å². The molecule has 0 saturated carbocycles. The van der Waals surface area contributed by atoms with E-state index in [1.54, 1.807) is 18.4 Å². The van der Waals surface area contributed by atoms with Crippen molar-refractivity contribution in [3.63, 3.8) is 0 Å². The summed E-state index contributed by atoms with van der Waals surface area (Å²) in [4.78, 5) is 16.0. The number of thiophene rings is 1. The normalized spacial score (nSPS) is 12.9. The molecular formula is C27H28F3N3O6S3. The highest BCUT2D eigenvalue weighted by Gasteiger charge is 2.32. The Balaban J connectivity index is 1.59. The monoisotopic (exact) mass is 643 g/mol. The Morgan fingerprint density at radius 1 is 1.10 bits per heavy atom. The van der Waals surface area contributed by atoms with Crippen molar-refractivity contribution in [1.82, 2.24) is 10.3 Å². The Labute approximate surface area is 248 Å². The summed E-state index contributed by atoms with van der Waals surface area (Å²) in [5, 5.41) is 4.20. The van der Waals surface area contributed by atoms with Crippen molar-refractivity contribution in [3.05, 3.63) is 76.8 Å². The number of nitrogens with one attached hydrogen (secondary N) is 3. The van der Waals surface area contributed by atoms with E-state index in [4.69, 9.17) is 9.47 Å². The number of H-pyrrole nitrogens is 1. The Morgan fingerprint density at radius 3 is 2.43 bits per heavy atom. The minimum Gasteiger partial charge on any atom is -0.406 e. The number of aryl methyl sites for hydroxylation is 1. The van der Waals surface area contributed by atoms with Crippen LogP contribution in [0.15, 0.2) is 64.2 Å². The van der Waals surface area contributed by atoms with E-state index in [9.17, 15) is 26.4 Å². The number of hydrogen-bond donors (Lipinski definition) is 3. The number of hydrogen-bond acceptors (Lipinski definition) is 8. The zero-order valence-corrected chi connectivity index (χ0v) is 25.1. The van der Waals surface area contributed by atoms with Gasteiger partial charge in [-0.1, -0.05) is 30.3 Å². The first-order chi connectivity index (χ1) is 19.9. The number of halogens is 3. The number of alkyl halides is 3. The number of fused-ring (bicyclic) bond motifs is 1. The van der Waals surface area contributed by atoms with Crippen LogP contribution in [0.3, 0.4) is 0 Å². The molecule has 42 heavy (non-hydrogen) atoms. The minimum atomic E-state index is -5.02. The van der Waals surface area contributed by atoms with Gasteiger partial charge in [-0.3, -0.25) is 9.52 Å². The highest BCUT2D eigenvalue weighted by atomic mass is 32.2. The Kier molecular flexibility index (Phi) is 10.1. The van der Waals surface area contributed by atoms with Crippen LogP contribution < -0.4 is 14.8 Å². The van der Waals surface area contributed by atoms with E-state index >= 15 is 0 Å². The fraction of sp³-hybridized carbons (Fsp3) is 0.296. The van der Waals surface area contributed by atoms with Gasteiger partial charge >= 0.3 is 6.36 Å². The lowest BCUT2D eigenvalue weighted by atomic mass is 10.2. The second-order valence-corrected chi connectivity index (χ2v) is 13.1. The van der Waals surface area contributed by atoms with E-state index in [1.807, 2.05) is 30.3 Å². The van der Waals surface area contributed by atoms with Gasteiger partial charge in [-0.2, -0.15) is 0 Å². The number of anilines is 1. The average molecular weight is 644 g/mol. The molecule has 3 N–H and O–H groups in total. The smallest absolute Gasteiger partial charge is 0.406 e. The molecule has 9 nitrogen and oxygen atoms in total. The third kappa shape index (κ3) is 7.98. The van der Waals surface area contributed by atoms with E-state index in [-0.39, 0.29) is 38.3 Å². The lowest BCUT2D eigenvalue weighted by Gasteiger charge is -2.24. The number of thioether (sulfide) groups is 1. The van der Waals surface area contributed by atoms with Gasteiger partial charge in [0.25, 0.3) is 15.9 Å². The third-order valence-electron chi connectivity index (χ3n) is 6.02. The molecular weight excluding hydrogens is 616 g/mol. The summed E-state index contributed by atoms with van der Waals surface area (Å²) < 4.78 is 82.4. The molecule has 2 heterocycles. The molecule has 0 radical (unpaired) electrons. The highest BCUT2D eigenvalue weighted by molar-refractivity contribution is 7.99. The van der Waals surface area contributed by atoms with E-state index in [2.05, 4.69) is 19.8 Å². The molecule has 2 aromatic carbocycles. The van der Waals surface area contributed by atoms with Gasteiger partial charge < -0.3 is 24.5 Å². The number of amides is 1. The lowest BCUT2D eigenvalue weighted by molar-refractivity contribution is -0.274. The van der Waals surface area contributed by atoms with Crippen LogP contribution in [0.2, 0.25) is 0 Å². The number of methoxy groups -OCH3 is 2. The predicted octanol–water partition coefficient (Wildman–Crippen LogP) is 5.89. The van der Waals surface area contributed by atoms with Crippen molar-refractivity contribution in [2.24, 2.45) is 0 Å². The maximum Gasteiger partial charge on any atom is 0.573 e. The van der Waals surface area contributed by atoms with E-state index in [0.29, 0.717) is 11.3 Å².